The van der Waals surface area contributed by atoms with E-state index < -0.39 is 34.9 Å². The standard InChI is InChI=1S/C23H20F4N4O3/c1-3-34-19-7-5-4-6-17(19)30-20-18(10-14(12-29-20)21(32)28-2)31-22(33)13-8-15(23(25,26)27)11-16(24)9-13/h4-12H,3H2,1-2H3,(H,28,32)(H,29,30)(H,31,33). The molecule has 1 heterocycles. The average molecular weight is 476 g/mol. The molecule has 2 aromatic carbocycles. The van der Waals surface area contributed by atoms with E-state index in [9.17, 15) is 27.2 Å². The molecule has 1 aromatic heterocycles. The number of nitrogens with zero attached hydrogens (tertiary/aromatic N) is 1. The fourth-order valence-corrected chi connectivity index (χ4v) is 2.99. The van der Waals surface area contributed by atoms with Crippen molar-refractivity contribution < 1.29 is 31.9 Å². The van der Waals surface area contributed by atoms with Gasteiger partial charge < -0.3 is 20.7 Å². The highest BCUT2D eigenvalue weighted by molar-refractivity contribution is 6.07. The Morgan fingerprint density at radius 2 is 1.74 bits per heavy atom. The molecule has 0 saturated carbocycles. The number of carbonyl (C=O) groups is 2. The molecule has 0 radical (unpaired) electrons. The first kappa shape index (κ1) is 24.5. The SMILES string of the molecule is CCOc1ccccc1Nc1ncc(C(=O)NC)cc1NC(=O)c1cc(F)cc(C(F)(F)F)c1. The maximum Gasteiger partial charge on any atom is 0.416 e. The van der Waals surface area contributed by atoms with Gasteiger partial charge in [0.05, 0.1) is 29.1 Å². The van der Waals surface area contributed by atoms with E-state index in [1.54, 1.807) is 31.2 Å². The number of alkyl halides is 3. The maximum atomic E-state index is 13.8. The van der Waals surface area contributed by atoms with Crippen molar-refractivity contribution in [3.05, 3.63) is 77.2 Å². The lowest BCUT2D eigenvalue weighted by Gasteiger charge is -2.16. The highest BCUT2D eigenvalue weighted by Gasteiger charge is 2.32. The number of carbonyl (C=O) groups excluding carboxylic acids is 2. The number of hydrogen-bond acceptors (Lipinski definition) is 5. The third kappa shape index (κ3) is 5.80. The molecule has 0 aliphatic heterocycles. The molecule has 3 aromatic rings. The van der Waals surface area contributed by atoms with Gasteiger partial charge >= 0.3 is 6.18 Å². The van der Waals surface area contributed by atoms with Crippen molar-refractivity contribution in [2.45, 2.75) is 13.1 Å². The van der Waals surface area contributed by atoms with E-state index in [-0.39, 0.29) is 17.1 Å². The number of rotatable bonds is 7. The highest BCUT2D eigenvalue weighted by atomic mass is 19.4. The Kier molecular flexibility index (Phi) is 7.34. The van der Waals surface area contributed by atoms with Crippen molar-refractivity contribution in [1.29, 1.82) is 0 Å². The summed E-state index contributed by atoms with van der Waals surface area (Å²) < 4.78 is 58.5. The zero-order valence-electron chi connectivity index (χ0n) is 18.1. The van der Waals surface area contributed by atoms with Gasteiger partial charge in [0.2, 0.25) is 0 Å². The molecule has 11 heteroatoms. The number of aromatic nitrogens is 1. The van der Waals surface area contributed by atoms with Crippen molar-refractivity contribution in [3.8, 4) is 5.75 Å². The minimum Gasteiger partial charge on any atom is -0.492 e. The third-order valence-electron chi connectivity index (χ3n) is 4.55. The van der Waals surface area contributed by atoms with Gasteiger partial charge in [-0.25, -0.2) is 9.37 Å². The molecule has 3 N–H and O–H groups in total. The molecule has 0 bridgehead atoms. The molecular formula is C23H20F4N4O3. The minimum atomic E-state index is -4.84. The molecule has 0 aliphatic rings. The van der Waals surface area contributed by atoms with Crippen LogP contribution in [-0.4, -0.2) is 30.5 Å². The summed E-state index contributed by atoms with van der Waals surface area (Å²) in [5.41, 5.74) is -1.31. The van der Waals surface area contributed by atoms with Gasteiger partial charge in [-0.2, -0.15) is 13.2 Å². The fourth-order valence-electron chi connectivity index (χ4n) is 2.99. The fraction of sp³-hybridized carbons (Fsp3) is 0.174. The van der Waals surface area contributed by atoms with Crippen LogP contribution in [0.4, 0.5) is 34.8 Å². The number of para-hydroxylation sites is 2. The average Bonchev–Trinajstić information content (AvgIpc) is 2.80. The molecule has 178 valence electrons. The number of pyridine rings is 1. The molecule has 34 heavy (non-hydrogen) atoms. The van der Waals surface area contributed by atoms with Gasteiger partial charge in [-0.15, -0.1) is 0 Å². The summed E-state index contributed by atoms with van der Waals surface area (Å²) in [5, 5.41) is 7.80. The highest BCUT2D eigenvalue weighted by Crippen LogP contribution is 2.32. The predicted molar refractivity (Wildman–Crippen MR) is 118 cm³/mol. The van der Waals surface area contributed by atoms with Crippen molar-refractivity contribution >= 4 is 29.0 Å². The zero-order chi connectivity index (χ0) is 24.9. The Morgan fingerprint density at radius 3 is 2.41 bits per heavy atom. The van der Waals surface area contributed by atoms with Crippen LogP contribution < -0.4 is 20.7 Å². The zero-order valence-corrected chi connectivity index (χ0v) is 18.1. The van der Waals surface area contributed by atoms with Crippen molar-refractivity contribution in [2.75, 3.05) is 24.3 Å². The maximum absolute atomic E-state index is 13.8. The number of ether oxygens (including phenoxy) is 1. The van der Waals surface area contributed by atoms with Crippen LogP contribution in [0.15, 0.2) is 54.7 Å². The van der Waals surface area contributed by atoms with E-state index in [1.807, 2.05) is 0 Å². The number of amides is 2. The molecular weight excluding hydrogens is 456 g/mol. The van der Waals surface area contributed by atoms with Gasteiger partial charge in [0, 0.05) is 18.8 Å². The van der Waals surface area contributed by atoms with Crippen LogP contribution in [0.25, 0.3) is 0 Å². The van der Waals surface area contributed by atoms with Gasteiger partial charge in [-0.1, -0.05) is 12.1 Å². The summed E-state index contributed by atoms with van der Waals surface area (Å²) in [6, 6.07) is 9.67. The lowest BCUT2D eigenvalue weighted by atomic mass is 10.1. The van der Waals surface area contributed by atoms with Crippen molar-refractivity contribution in [1.82, 2.24) is 10.3 Å². The number of benzene rings is 2. The van der Waals surface area contributed by atoms with Crippen molar-refractivity contribution in [3.63, 3.8) is 0 Å². The normalized spacial score (nSPS) is 11.0. The summed E-state index contributed by atoms with van der Waals surface area (Å²) in [6.45, 7) is 2.18. The number of hydrogen-bond donors (Lipinski definition) is 3. The van der Waals surface area contributed by atoms with Crippen LogP contribution >= 0.6 is 0 Å². The number of nitrogens with one attached hydrogen (secondary N) is 3. The molecule has 0 saturated heterocycles. The van der Waals surface area contributed by atoms with Gasteiger partial charge in [0.15, 0.2) is 5.82 Å². The first-order valence-electron chi connectivity index (χ1n) is 10.0. The second-order valence-electron chi connectivity index (χ2n) is 6.93. The summed E-state index contributed by atoms with van der Waals surface area (Å²) in [6.07, 6.45) is -3.59. The molecule has 2 amide bonds. The molecule has 0 fully saturated rings. The minimum absolute atomic E-state index is 0.0183. The van der Waals surface area contributed by atoms with E-state index >= 15 is 0 Å². The van der Waals surface area contributed by atoms with E-state index in [1.165, 1.54) is 19.3 Å². The quantitative estimate of drug-likeness (QED) is 0.418. The molecule has 0 unspecified atom stereocenters. The van der Waals surface area contributed by atoms with E-state index in [0.717, 1.165) is 0 Å². The largest absolute Gasteiger partial charge is 0.492 e. The molecule has 0 aliphatic carbocycles. The lowest BCUT2D eigenvalue weighted by Crippen LogP contribution is -2.20. The Bertz CT molecular complexity index is 1220. The summed E-state index contributed by atoms with van der Waals surface area (Å²) in [7, 11) is 1.40. The molecule has 0 atom stereocenters. The van der Waals surface area contributed by atoms with E-state index in [4.69, 9.17) is 4.74 Å². The van der Waals surface area contributed by atoms with E-state index in [0.29, 0.717) is 36.2 Å². The first-order chi connectivity index (χ1) is 16.1. The van der Waals surface area contributed by atoms with Crippen molar-refractivity contribution in [2.24, 2.45) is 0 Å². The summed E-state index contributed by atoms with van der Waals surface area (Å²) in [4.78, 5) is 29.0. The van der Waals surface area contributed by atoms with Crippen LogP contribution in [0.1, 0.15) is 33.2 Å². The molecule has 3 rings (SSSR count). The summed E-state index contributed by atoms with van der Waals surface area (Å²) in [5.74, 6) is -2.18. The Hall–Kier alpha value is -4.15. The van der Waals surface area contributed by atoms with Gasteiger partial charge in [0.25, 0.3) is 11.8 Å². The monoisotopic (exact) mass is 476 g/mol. The predicted octanol–water partition coefficient (Wildman–Crippen LogP) is 4.99. The summed E-state index contributed by atoms with van der Waals surface area (Å²) >= 11 is 0. The Balaban J connectivity index is 2.00. The Morgan fingerprint density at radius 1 is 1.00 bits per heavy atom. The van der Waals surface area contributed by atoms with Gasteiger partial charge in [-0.05, 0) is 43.3 Å². The second kappa shape index (κ2) is 10.2. The second-order valence-corrected chi connectivity index (χ2v) is 6.93. The molecule has 7 nitrogen and oxygen atoms in total. The van der Waals surface area contributed by atoms with E-state index in [2.05, 4.69) is 20.9 Å². The number of halogens is 4. The molecule has 0 spiro atoms. The van der Waals surface area contributed by atoms with Crippen LogP contribution in [0.2, 0.25) is 0 Å². The third-order valence-corrected chi connectivity index (χ3v) is 4.55. The van der Waals surface area contributed by atoms with Gasteiger partial charge in [0.1, 0.15) is 11.6 Å². The topological polar surface area (TPSA) is 92.3 Å². The van der Waals surface area contributed by atoms with Crippen LogP contribution in [0.5, 0.6) is 5.75 Å². The smallest absolute Gasteiger partial charge is 0.416 e. The van der Waals surface area contributed by atoms with Gasteiger partial charge in [-0.3, -0.25) is 9.59 Å². The first-order valence-corrected chi connectivity index (χ1v) is 10.0. The lowest BCUT2D eigenvalue weighted by molar-refractivity contribution is -0.137. The van der Waals surface area contributed by atoms with Crippen LogP contribution in [-0.2, 0) is 6.18 Å². The van der Waals surface area contributed by atoms with Crippen LogP contribution in [0.3, 0.4) is 0 Å². The number of anilines is 3. The Labute approximate surface area is 192 Å². The van der Waals surface area contributed by atoms with Crippen LogP contribution in [0, 0.1) is 5.82 Å².